The van der Waals surface area contributed by atoms with E-state index >= 15 is 0 Å². The highest BCUT2D eigenvalue weighted by Crippen LogP contribution is 2.47. The molecule has 0 aromatic rings. The summed E-state index contributed by atoms with van der Waals surface area (Å²) >= 11 is 0. The van der Waals surface area contributed by atoms with Crippen LogP contribution in [0.25, 0.3) is 0 Å². The lowest BCUT2D eigenvalue weighted by Crippen LogP contribution is -2.43. The highest BCUT2D eigenvalue weighted by Gasteiger charge is 2.40. The maximum Gasteiger partial charge on any atom is 0.00982 e. The quantitative estimate of drug-likeness (QED) is 0.745. The molecule has 0 spiro atoms. The molecule has 0 saturated heterocycles. The number of rotatable bonds is 5. The minimum atomic E-state index is 0.489. The zero-order valence-corrected chi connectivity index (χ0v) is 11.2. The maximum atomic E-state index is 6.57. The zero-order chi connectivity index (χ0) is 11.6. The first-order valence-corrected chi connectivity index (χ1v) is 7.38. The number of hydrogen-bond donors (Lipinski definition) is 1. The highest BCUT2D eigenvalue weighted by molar-refractivity contribution is 4.95. The van der Waals surface area contributed by atoms with Crippen LogP contribution in [0, 0.1) is 17.3 Å². The third kappa shape index (κ3) is 2.61. The van der Waals surface area contributed by atoms with E-state index < -0.39 is 0 Å². The Kier molecular flexibility index (Phi) is 3.94. The van der Waals surface area contributed by atoms with Crippen molar-refractivity contribution < 1.29 is 0 Å². The molecule has 2 N–H and O–H groups in total. The topological polar surface area (TPSA) is 26.0 Å². The monoisotopic (exact) mass is 223 g/mol. The fraction of sp³-hybridized carbons (Fsp3) is 1.00. The molecule has 2 saturated carbocycles. The van der Waals surface area contributed by atoms with E-state index in [1.807, 2.05) is 0 Å². The van der Waals surface area contributed by atoms with Gasteiger partial charge in [0.05, 0.1) is 0 Å². The zero-order valence-electron chi connectivity index (χ0n) is 11.2. The van der Waals surface area contributed by atoms with Gasteiger partial charge in [-0.2, -0.15) is 0 Å². The molecule has 2 aliphatic rings. The Bertz CT molecular complexity index is 211. The minimum absolute atomic E-state index is 0.489. The predicted molar refractivity (Wildman–Crippen MR) is 70.3 cm³/mol. The summed E-state index contributed by atoms with van der Waals surface area (Å²) in [5.74, 6) is 1.78. The summed E-state index contributed by atoms with van der Waals surface area (Å²) in [6, 6.07) is 0.489. The Morgan fingerprint density at radius 2 is 1.75 bits per heavy atom. The van der Waals surface area contributed by atoms with Crippen molar-refractivity contribution in [2.45, 2.75) is 77.7 Å². The molecular weight excluding hydrogens is 194 g/mol. The lowest BCUT2D eigenvalue weighted by Gasteiger charge is -2.40. The molecule has 0 heterocycles. The van der Waals surface area contributed by atoms with Gasteiger partial charge in [0.1, 0.15) is 0 Å². The number of nitrogens with two attached hydrogens (primary N) is 1. The molecule has 16 heavy (non-hydrogen) atoms. The summed E-state index contributed by atoms with van der Waals surface area (Å²) < 4.78 is 0. The lowest BCUT2D eigenvalue weighted by molar-refractivity contribution is 0.141. The smallest absolute Gasteiger partial charge is 0.00982 e. The van der Waals surface area contributed by atoms with Crippen LogP contribution < -0.4 is 5.73 Å². The van der Waals surface area contributed by atoms with Crippen molar-refractivity contribution in [1.82, 2.24) is 0 Å². The van der Waals surface area contributed by atoms with E-state index in [4.69, 9.17) is 5.73 Å². The Morgan fingerprint density at radius 1 is 1.12 bits per heavy atom. The van der Waals surface area contributed by atoms with Gasteiger partial charge in [0.15, 0.2) is 0 Å². The first-order chi connectivity index (χ1) is 7.62. The highest BCUT2D eigenvalue weighted by atomic mass is 14.7. The standard InChI is InChI=1S/C15H29N/c1-12(2)11-15(8-3-4-9-15)14(16)10-13-6-5-7-13/h12-14H,3-11,16H2,1-2H3. The van der Waals surface area contributed by atoms with Gasteiger partial charge < -0.3 is 5.73 Å². The van der Waals surface area contributed by atoms with Gasteiger partial charge in [-0.15, -0.1) is 0 Å². The fourth-order valence-electron chi connectivity index (χ4n) is 3.96. The largest absolute Gasteiger partial charge is 0.327 e. The molecule has 0 aromatic carbocycles. The molecule has 1 heteroatoms. The summed E-state index contributed by atoms with van der Waals surface area (Å²) in [6.45, 7) is 4.71. The van der Waals surface area contributed by atoms with E-state index in [-0.39, 0.29) is 0 Å². The first-order valence-electron chi connectivity index (χ1n) is 7.38. The fourth-order valence-corrected chi connectivity index (χ4v) is 3.96. The van der Waals surface area contributed by atoms with Gasteiger partial charge in [-0.05, 0) is 42.9 Å². The van der Waals surface area contributed by atoms with E-state index in [2.05, 4.69) is 13.8 Å². The van der Waals surface area contributed by atoms with Crippen LogP contribution in [-0.2, 0) is 0 Å². The third-order valence-electron chi connectivity index (χ3n) is 5.01. The first kappa shape index (κ1) is 12.4. The Balaban J connectivity index is 1.93. The molecule has 2 aliphatic carbocycles. The SMILES string of the molecule is CC(C)CC1(C(N)CC2CCC2)CCCC1. The van der Waals surface area contributed by atoms with Gasteiger partial charge >= 0.3 is 0 Å². The Labute approximate surface area is 101 Å². The summed E-state index contributed by atoms with van der Waals surface area (Å²) in [7, 11) is 0. The summed E-state index contributed by atoms with van der Waals surface area (Å²) in [4.78, 5) is 0. The number of hydrogen-bond acceptors (Lipinski definition) is 1. The van der Waals surface area contributed by atoms with Crippen molar-refractivity contribution in [3.63, 3.8) is 0 Å². The van der Waals surface area contributed by atoms with Gasteiger partial charge in [-0.1, -0.05) is 46.0 Å². The summed E-state index contributed by atoms with van der Waals surface area (Å²) in [5.41, 5.74) is 7.09. The third-order valence-corrected chi connectivity index (χ3v) is 5.01. The predicted octanol–water partition coefficient (Wildman–Crippen LogP) is 4.11. The summed E-state index contributed by atoms with van der Waals surface area (Å²) in [6.07, 6.45) is 12.7. The molecule has 0 radical (unpaired) electrons. The van der Waals surface area contributed by atoms with E-state index in [0.717, 1.165) is 11.8 Å². The van der Waals surface area contributed by atoms with Gasteiger partial charge in [-0.3, -0.25) is 0 Å². The molecule has 0 aromatic heterocycles. The average Bonchev–Trinajstić information content (AvgIpc) is 2.59. The second kappa shape index (κ2) is 5.08. The van der Waals surface area contributed by atoms with E-state index in [1.54, 1.807) is 0 Å². The van der Waals surface area contributed by atoms with Crippen LogP contribution in [0.4, 0.5) is 0 Å². The molecule has 1 nitrogen and oxygen atoms in total. The second-order valence-electron chi connectivity index (χ2n) is 6.81. The van der Waals surface area contributed by atoms with Gasteiger partial charge in [0, 0.05) is 6.04 Å². The van der Waals surface area contributed by atoms with E-state index in [1.165, 1.54) is 57.8 Å². The molecule has 1 atom stereocenters. The van der Waals surface area contributed by atoms with Crippen molar-refractivity contribution in [2.75, 3.05) is 0 Å². The van der Waals surface area contributed by atoms with E-state index in [0.29, 0.717) is 11.5 Å². The average molecular weight is 223 g/mol. The molecule has 0 bridgehead atoms. The Morgan fingerprint density at radius 3 is 2.19 bits per heavy atom. The Hall–Kier alpha value is -0.0400. The van der Waals surface area contributed by atoms with Crippen molar-refractivity contribution in [1.29, 1.82) is 0 Å². The second-order valence-corrected chi connectivity index (χ2v) is 6.81. The molecule has 94 valence electrons. The van der Waals surface area contributed by atoms with Crippen LogP contribution >= 0.6 is 0 Å². The van der Waals surface area contributed by atoms with Crippen molar-refractivity contribution in [3.8, 4) is 0 Å². The molecule has 1 unspecified atom stereocenters. The van der Waals surface area contributed by atoms with Gasteiger partial charge in [0.25, 0.3) is 0 Å². The van der Waals surface area contributed by atoms with Crippen LogP contribution in [0.3, 0.4) is 0 Å². The van der Waals surface area contributed by atoms with Crippen LogP contribution in [0.1, 0.15) is 71.6 Å². The molecule has 2 rings (SSSR count). The molecule has 0 amide bonds. The molecule has 0 aliphatic heterocycles. The lowest BCUT2D eigenvalue weighted by atomic mass is 9.68. The van der Waals surface area contributed by atoms with Crippen molar-refractivity contribution in [2.24, 2.45) is 23.0 Å². The van der Waals surface area contributed by atoms with Crippen LogP contribution in [0.2, 0.25) is 0 Å². The van der Waals surface area contributed by atoms with Crippen molar-refractivity contribution >= 4 is 0 Å². The maximum absolute atomic E-state index is 6.57. The normalized spacial score (nSPS) is 27.0. The molecule has 2 fully saturated rings. The summed E-state index contributed by atoms with van der Waals surface area (Å²) in [5, 5.41) is 0. The van der Waals surface area contributed by atoms with Gasteiger partial charge in [0.2, 0.25) is 0 Å². The van der Waals surface area contributed by atoms with E-state index in [9.17, 15) is 0 Å². The molecular formula is C15H29N. The minimum Gasteiger partial charge on any atom is -0.327 e. The van der Waals surface area contributed by atoms with Crippen molar-refractivity contribution in [3.05, 3.63) is 0 Å². The van der Waals surface area contributed by atoms with Crippen LogP contribution in [0.15, 0.2) is 0 Å². The van der Waals surface area contributed by atoms with Crippen LogP contribution in [-0.4, -0.2) is 6.04 Å². The van der Waals surface area contributed by atoms with Crippen LogP contribution in [0.5, 0.6) is 0 Å². The van der Waals surface area contributed by atoms with Gasteiger partial charge in [-0.25, -0.2) is 0 Å².